The van der Waals surface area contributed by atoms with Gasteiger partial charge in [0.15, 0.2) is 0 Å². The molecule has 1 aliphatic carbocycles. The normalized spacial score (nSPS) is 16.4. The Bertz CT molecular complexity index is 323. The smallest absolute Gasteiger partial charge is 0.0648 e. The van der Waals surface area contributed by atoms with Crippen LogP contribution < -0.4 is 5.32 Å². The van der Waals surface area contributed by atoms with Gasteiger partial charge < -0.3 is 5.32 Å². The number of halogens is 2. The molecule has 0 aromatic heterocycles. The summed E-state index contributed by atoms with van der Waals surface area (Å²) in [5, 5.41) is 4.18. The highest BCUT2D eigenvalue weighted by Gasteiger charge is 2.16. The van der Waals surface area contributed by atoms with Crippen LogP contribution in [0.5, 0.6) is 0 Å². The summed E-state index contributed by atoms with van der Waals surface area (Å²) >= 11 is 9.47. The predicted octanol–water partition coefficient (Wildman–Crippen LogP) is 4.31. The van der Waals surface area contributed by atoms with Gasteiger partial charge in [0.1, 0.15) is 0 Å². The first-order chi connectivity index (χ1) is 6.75. The van der Waals surface area contributed by atoms with Crippen molar-refractivity contribution in [3.63, 3.8) is 0 Å². The van der Waals surface area contributed by atoms with Crippen molar-refractivity contribution in [2.75, 3.05) is 11.9 Å². The lowest BCUT2D eigenvalue weighted by molar-refractivity contribution is 0.333. The van der Waals surface area contributed by atoms with Crippen molar-refractivity contribution in [2.45, 2.75) is 19.3 Å². The maximum atomic E-state index is 6.08. The molecule has 0 spiro atoms. The fourth-order valence-corrected chi connectivity index (χ4v) is 2.32. The van der Waals surface area contributed by atoms with Gasteiger partial charge in [-0.2, -0.15) is 0 Å². The van der Waals surface area contributed by atoms with Crippen LogP contribution in [0.15, 0.2) is 22.7 Å². The Labute approximate surface area is 98.0 Å². The van der Waals surface area contributed by atoms with Crippen LogP contribution in [0, 0.1) is 5.92 Å². The largest absolute Gasteiger partial charge is 0.384 e. The van der Waals surface area contributed by atoms with Gasteiger partial charge in [0.05, 0.1) is 10.7 Å². The highest BCUT2D eigenvalue weighted by atomic mass is 79.9. The van der Waals surface area contributed by atoms with E-state index in [-0.39, 0.29) is 0 Å². The fraction of sp³-hybridized carbons (Fsp3) is 0.455. The van der Waals surface area contributed by atoms with Crippen molar-refractivity contribution >= 4 is 33.2 Å². The molecule has 0 heterocycles. The average molecular weight is 275 g/mol. The lowest BCUT2D eigenvalue weighted by Gasteiger charge is -2.26. The molecule has 0 amide bonds. The summed E-state index contributed by atoms with van der Waals surface area (Å²) in [6.07, 6.45) is 4.11. The molecular weight excluding hydrogens is 261 g/mol. The van der Waals surface area contributed by atoms with E-state index < -0.39 is 0 Å². The molecule has 1 aromatic carbocycles. The summed E-state index contributed by atoms with van der Waals surface area (Å²) in [5.41, 5.74) is 1.04. The lowest BCUT2D eigenvalue weighted by atomic mass is 9.85. The van der Waals surface area contributed by atoms with Gasteiger partial charge in [-0.3, -0.25) is 0 Å². The zero-order valence-electron chi connectivity index (χ0n) is 7.89. The Kier molecular flexibility index (Phi) is 3.34. The molecule has 1 nitrogen and oxygen atoms in total. The number of hydrogen-bond donors (Lipinski definition) is 1. The summed E-state index contributed by atoms with van der Waals surface area (Å²) < 4.78 is 1.02. The molecule has 3 heteroatoms. The zero-order valence-corrected chi connectivity index (χ0v) is 10.2. The van der Waals surface area contributed by atoms with Gasteiger partial charge in [-0.1, -0.05) is 34.0 Å². The van der Waals surface area contributed by atoms with E-state index in [2.05, 4.69) is 21.2 Å². The average Bonchev–Trinajstić information content (AvgIpc) is 2.05. The molecule has 14 heavy (non-hydrogen) atoms. The molecule has 0 saturated heterocycles. The summed E-state index contributed by atoms with van der Waals surface area (Å²) in [5.74, 6) is 0.856. The third-order valence-corrected chi connectivity index (χ3v) is 3.54. The monoisotopic (exact) mass is 273 g/mol. The third kappa shape index (κ3) is 2.43. The second-order valence-electron chi connectivity index (χ2n) is 3.80. The lowest BCUT2D eigenvalue weighted by Crippen LogP contribution is -2.20. The van der Waals surface area contributed by atoms with E-state index in [1.807, 2.05) is 18.2 Å². The summed E-state index contributed by atoms with van der Waals surface area (Å²) in [4.78, 5) is 0. The number of nitrogens with one attached hydrogen (secondary N) is 1. The van der Waals surface area contributed by atoms with Crippen molar-refractivity contribution in [1.82, 2.24) is 0 Å². The molecule has 0 aliphatic heterocycles. The van der Waals surface area contributed by atoms with Crippen LogP contribution in [0.25, 0.3) is 0 Å². The van der Waals surface area contributed by atoms with Crippen LogP contribution >= 0.6 is 27.5 Å². The molecule has 2 rings (SSSR count). The van der Waals surface area contributed by atoms with Gasteiger partial charge in [0, 0.05) is 11.0 Å². The Morgan fingerprint density at radius 1 is 1.43 bits per heavy atom. The topological polar surface area (TPSA) is 12.0 Å². The van der Waals surface area contributed by atoms with Gasteiger partial charge in [0.25, 0.3) is 0 Å². The SMILES string of the molecule is Clc1cc(Br)ccc1NCC1CCC1. The van der Waals surface area contributed by atoms with Crippen LogP contribution in [0.3, 0.4) is 0 Å². The van der Waals surface area contributed by atoms with Crippen molar-refractivity contribution < 1.29 is 0 Å². The minimum atomic E-state index is 0.790. The Balaban J connectivity index is 1.94. The molecule has 0 unspecified atom stereocenters. The van der Waals surface area contributed by atoms with E-state index >= 15 is 0 Å². The molecular formula is C11H13BrClN. The Hall–Kier alpha value is -0.210. The van der Waals surface area contributed by atoms with E-state index in [1.54, 1.807) is 0 Å². The van der Waals surface area contributed by atoms with E-state index in [4.69, 9.17) is 11.6 Å². The zero-order chi connectivity index (χ0) is 9.97. The molecule has 76 valence electrons. The van der Waals surface area contributed by atoms with Crippen LogP contribution in [0.1, 0.15) is 19.3 Å². The van der Waals surface area contributed by atoms with Crippen LogP contribution in [-0.4, -0.2) is 6.54 Å². The van der Waals surface area contributed by atoms with E-state index in [0.717, 1.165) is 27.6 Å². The van der Waals surface area contributed by atoms with Gasteiger partial charge in [0.2, 0.25) is 0 Å². The summed E-state index contributed by atoms with van der Waals surface area (Å²) in [6, 6.07) is 5.95. The standard InChI is InChI=1S/C11H13BrClN/c12-9-4-5-11(10(13)6-9)14-7-8-2-1-3-8/h4-6,8,14H,1-3,7H2. The highest BCUT2D eigenvalue weighted by molar-refractivity contribution is 9.10. The molecule has 1 aromatic rings. The van der Waals surface area contributed by atoms with Crippen molar-refractivity contribution in [3.8, 4) is 0 Å². The van der Waals surface area contributed by atoms with Gasteiger partial charge in [-0.05, 0) is 37.0 Å². The van der Waals surface area contributed by atoms with Crippen molar-refractivity contribution in [1.29, 1.82) is 0 Å². The molecule has 0 atom stereocenters. The minimum Gasteiger partial charge on any atom is -0.384 e. The summed E-state index contributed by atoms with van der Waals surface area (Å²) in [7, 11) is 0. The van der Waals surface area contributed by atoms with Gasteiger partial charge in [-0.25, -0.2) is 0 Å². The number of anilines is 1. The van der Waals surface area contributed by atoms with Gasteiger partial charge in [-0.15, -0.1) is 0 Å². The Morgan fingerprint density at radius 3 is 2.79 bits per heavy atom. The maximum Gasteiger partial charge on any atom is 0.0648 e. The highest BCUT2D eigenvalue weighted by Crippen LogP contribution is 2.29. The molecule has 0 bridgehead atoms. The maximum absolute atomic E-state index is 6.08. The minimum absolute atomic E-state index is 0.790. The van der Waals surface area contributed by atoms with Crippen molar-refractivity contribution in [2.24, 2.45) is 5.92 Å². The van der Waals surface area contributed by atoms with Crippen LogP contribution in [0.4, 0.5) is 5.69 Å². The van der Waals surface area contributed by atoms with E-state index in [9.17, 15) is 0 Å². The predicted molar refractivity (Wildman–Crippen MR) is 65.0 cm³/mol. The first kappa shape index (κ1) is 10.3. The quantitative estimate of drug-likeness (QED) is 0.866. The molecule has 0 radical (unpaired) electrons. The number of hydrogen-bond acceptors (Lipinski definition) is 1. The second kappa shape index (κ2) is 4.54. The first-order valence-corrected chi connectivity index (χ1v) is 6.12. The fourth-order valence-electron chi connectivity index (χ4n) is 1.58. The first-order valence-electron chi connectivity index (χ1n) is 4.94. The summed E-state index contributed by atoms with van der Waals surface area (Å²) in [6.45, 7) is 1.06. The number of rotatable bonds is 3. The molecule has 1 N–H and O–H groups in total. The van der Waals surface area contributed by atoms with Crippen LogP contribution in [0.2, 0.25) is 5.02 Å². The third-order valence-electron chi connectivity index (χ3n) is 2.74. The van der Waals surface area contributed by atoms with Gasteiger partial charge >= 0.3 is 0 Å². The number of benzene rings is 1. The molecule has 1 aliphatic rings. The van der Waals surface area contributed by atoms with E-state index in [0.29, 0.717) is 0 Å². The Morgan fingerprint density at radius 2 is 2.21 bits per heavy atom. The van der Waals surface area contributed by atoms with Crippen molar-refractivity contribution in [3.05, 3.63) is 27.7 Å². The van der Waals surface area contributed by atoms with Crippen LogP contribution in [-0.2, 0) is 0 Å². The molecule has 1 fully saturated rings. The molecule has 1 saturated carbocycles. The second-order valence-corrected chi connectivity index (χ2v) is 5.12. The van der Waals surface area contributed by atoms with E-state index in [1.165, 1.54) is 19.3 Å².